The number of hydrogen-bond donors (Lipinski definition) is 1. The third kappa shape index (κ3) is 4.31. The maximum Gasteiger partial charge on any atom is 0.0381 e. The summed E-state index contributed by atoms with van der Waals surface area (Å²) in [5, 5.41) is 3.54. The molecule has 0 aliphatic carbocycles. The van der Waals surface area contributed by atoms with E-state index >= 15 is 0 Å². The normalized spacial score (nSPS) is 21.2. The Kier molecular flexibility index (Phi) is 5.11. The minimum atomic E-state index is 0.220. The highest BCUT2D eigenvalue weighted by atomic mass is 15.1. The fourth-order valence-corrected chi connectivity index (χ4v) is 3.64. The first-order valence-electron chi connectivity index (χ1n) is 8.29. The van der Waals surface area contributed by atoms with Crippen LogP contribution in [0.25, 0.3) is 0 Å². The zero-order valence-electron chi connectivity index (χ0n) is 14.4. The molecule has 1 aliphatic rings. The lowest BCUT2D eigenvalue weighted by Gasteiger charge is -2.43. The molecular weight excluding hydrogens is 256 g/mol. The summed E-state index contributed by atoms with van der Waals surface area (Å²) < 4.78 is 0. The summed E-state index contributed by atoms with van der Waals surface area (Å²) in [4.78, 5) is 2.65. The lowest BCUT2D eigenvalue weighted by molar-refractivity contribution is 0.0790. The SMILES string of the molecule is CNC(c1ccccc1)C(C)(C)CN1CCC(C)(C)CC1. The first kappa shape index (κ1) is 16.5. The van der Waals surface area contributed by atoms with Crippen LogP contribution in [-0.2, 0) is 0 Å². The predicted octanol–water partition coefficient (Wildman–Crippen LogP) is 4.10. The average molecular weight is 288 g/mol. The quantitative estimate of drug-likeness (QED) is 0.877. The smallest absolute Gasteiger partial charge is 0.0381 e. The van der Waals surface area contributed by atoms with E-state index in [9.17, 15) is 0 Å². The summed E-state index contributed by atoms with van der Waals surface area (Å²) in [7, 11) is 2.08. The van der Waals surface area contributed by atoms with Gasteiger partial charge in [-0.3, -0.25) is 0 Å². The van der Waals surface area contributed by atoms with Gasteiger partial charge in [0.25, 0.3) is 0 Å². The van der Waals surface area contributed by atoms with Gasteiger partial charge < -0.3 is 10.2 Å². The molecule has 0 aromatic heterocycles. The van der Waals surface area contributed by atoms with Crippen LogP contribution < -0.4 is 5.32 Å². The number of nitrogens with zero attached hydrogens (tertiary/aromatic N) is 1. The largest absolute Gasteiger partial charge is 0.313 e. The van der Waals surface area contributed by atoms with E-state index in [1.54, 1.807) is 0 Å². The van der Waals surface area contributed by atoms with Gasteiger partial charge >= 0.3 is 0 Å². The number of nitrogens with one attached hydrogen (secondary N) is 1. The molecule has 1 fully saturated rings. The van der Waals surface area contributed by atoms with Crippen molar-refractivity contribution in [2.75, 3.05) is 26.7 Å². The number of piperidine rings is 1. The Morgan fingerprint density at radius 1 is 1.14 bits per heavy atom. The topological polar surface area (TPSA) is 15.3 Å². The number of benzene rings is 1. The summed E-state index contributed by atoms with van der Waals surface area (Å²) in [6, 6.07) is 11.2. The molecule has 1 heterocycles. The van der Waals surface area contributed by atoms with Crippen LogP contribution in [0, 0.1) is 10.8 Å². The van der Waals surface area contributed by atoms with Crippen LogP contribution in [0.5, 0.6) is 0 Å². The maximum absolute atomic E-state index is 3.54. The molecule has 0 bridgehead atoms. The summed E-state index contributed by atoms with van der Waals surface area (Å²) >= 11 is 0. The third-order valence-electron chi connectivity index (χ3n) is 5.04. The van der Waals surface area contributed by atoms with Crippen molar-refractivity contribution in [3.05, 3.63) is 35.9 Å². The van der Waals surface area contributed by atoms with Gasteiger partial charge in [0, 0.05) is 12.6 Å². The van der Waals surface area contributed by atoms with Gasteiger partial charge in [0.15, 0.2) is 0 Å². The minimum Gasteiger partial charge on any atom is -0.313 e. The predicted molar refractivity (Wildman–Crippen MR) is 91.5 cm³/mol. The Labute approximate surface area is 130 Å². The van der Waals surface area contributed by atoms with E-state index in [1.165, 1.54) is 31.5 Å². The van der Waals surface area contributed by atoms with Crippen molar-refractivity contribution in [3.63, 3.8) is 0 Å². The first-order chi connectivity index (χ1) is 9.84. The van der Waals surface area contributed by atoms with Crippen molar-refractivity contribution in [2.45, 2.75) is 46.6 Å². The lowest BCUT2D eigenvalue weighted by Crippen LogP contribution is -2.46. The second-order valence-electron chi connectivity index (χ2n) is 8.06. The Bertz CT molecular complexity index is 426. The third-order valence-corrected chi connectivity index (χ3v) is 5.04. The van der Waals surface area contributed by atoms with E-state index < -0.39 is 0 Å². The van der Waals surface area contributed by atoms with E-state index in [4.69, 9.17) is 0 Å². The minimum absolute atomic E-state index is 0.220. The van der Waals surface area contributed by atoms with Gasteiger partial charge in [-0.25, -0.2) is 0 Å². The highest BCUT2D eigenvalue weighted by molar-refractivity contribution is 5.21. The molecule has 21 heavy (non-hydrogen) atoms. The molecule has 1 N–H and O–H groups in total. The second-order valence-corrected chi connectivity index (χ2v) is 8.06. The zero-order chi connectivity index (χ0) is 15.5. The molecule has 0 radical (unpaired) electrons. The fraction of sp³-hybridized carbons (Fsp3) is 0.684. The van der Waals surface area contributed by atoms with Crippen molar-refractivity contribution in [3.8, 4) is 0 Å². The van der Waals surface area contributed by atoms with E-state index in [-0.39, 0.29) is 5.41 Å². The Balaban J connectivity index is 2.03. The van der Waals surface area contributed by atoms with Crippen LogP contribution in [-0.4, -0.2) is 31.6 Å². The van der Waals surface area contributed by atoms with Crippen LogP contribution in [0.15, 0.2) is 30.3 Å². The first-order valence-corrected chi connectivity index (χ1v) is 8.29. The molecule has 0 saturated carbocycles. The lowest BCUT2D eigenvalue weighted by atomic mass is 9.78. The summed E-state index contributed by atoms with van der Waals surface area (Å²) in [5.74, 6) is 0. The molecule has 2 heteroatoms. The van der Waals surface area contributed by atoms with Gasteiger partial charge in [0.05, 0.1) is 0 Å². The van der Waals surface area contributed by atoms with Gasteiger partial charge in [-0.05, 0) is 49.4 Å². The maximum atomic E-state index is 3.54. The van der Waals surface area contributed by atoms with Crippen LogP contribution in [0.3, 0.4) is 0 Å². The molecule has 0 amide bonds. The number of rotatable bonds is 5. The van der Waals surface area contributed by atoms with Gasteiger partial charge in [-0.2, -0.15) is 0 Å². The Hall–Kier alpha value is -0.860. The zero-order valence-corrected chi connectivity index (χ0v) is 14.4. The van der Waals surface area contributed by atoms with Gasteiger partial charge in [0.2, 0.25) is 0 Å². The van der Waals surface area contributed by atoms with Crippen molar-refractivity contribution in [2.24, 2.45) is 10.8 Å². The van der Waals surface area contributed by atoms with Gasteiger partial charge in [0.1, 0.15) is 0 Å². The average Bonchev–Trinajstić information content (AvgIpc) is 2.43. The van der Waals surface area contributed by atoms with Crippen molar-refractivity contribution >= 4 is 0 Å². The van der Waals surface area contributed by atoms with Crippen LogP contribution in [0.4, 0.5) is 0 Å². The molecule has 1 aliphatic heterocycles. The molecule has 1 unspecified atom stereocenters. The van der Waals surface area contributed by atoms with Crippen molar-refractivity contribution < 1.29 is 0 Å². The van der Waals surface area contributed by atoms with E-state index in [0.29, 0.717) is 11.5 Å². The van der Waals surface area contributed by atoms with Crippen LogP contribution in [0.1, 0.15) is 52.1 Å². The molecule has 118 valence electrons. The standard InChI is InChI=1S/C19H32N2/c1-18(2)11-13-21(14-12-18)15-19(3,4)17(20-5)16-9-7-6-8-10-16/h6-10,17,20H,11-15H2,1-5H3. The number of hydrogen-bond acceptors (Lipinski definition) is 2. The highest BCUT2D eigenvalue weighted by Gasteiger charge is 2.34. The Morgan fingerprint density at radius 3 is 2.24 bits per heavy atom. The molecule has 2 rings (SSSR count). The second kappa shape index (κ2) is 6.50. The molecule has 1 aromatic rings. The van der Waals surface area contributed by atoms with Crippen molar-refractivity contribution in [1.29, 1.82) is 0 Å². The molecule has 1 atom stereocenters. The highest BCUT2D eigenvalue weighted by Crippen LogP contribution is 2.36. The molecular formula is C19H32N2. The monoisotopic (exact) mass is 288 g/mol. The van der Waals surface area contributed by atoms with E-state index in [2.05, 4.69) is 75.3 Å². The fourth-order valence-electron chi connectivity index (χ4n) is 3.64. The van der Waals surface area contributed by atoms with Crippen molar-refractivity contribution in [1.82, 2.24) is 10.2 Å². The van der Waals surface area contributed by atoms with Crippen LogP contribution in [0.2, 0.25) is 0 Å². The molecule has 0 spiro atoms. The van der Waals surface area contributed by atoms with Crippen LogP contribution >= 0.6 is 0 Å². The van der Waals surface area contributed by atoms with E-state index in [1.807, 2.05) is 0 Å². The van der Waals surface area contributed by atoms with Gasteiger partial charge in [-0.1, -0.05) is 58.0 Å². The number of likely N-dealkylation sites (tertiary alicyclic amines) is 1. The molecule has 1 aromatic carbocycles. The molecule has 2 nitrogen and oxygen atoms in total. The van der Waals surface area contributed by atoms with E-state index in [0.717, 1.165) is 6.54 Å². The summed E-state index contributed by atoms with van der Waals surface area (Å²) in [6.07, 6.45) is 2.64. The van der Waals surface area contributed by atoms with Gasteiger partial charge in [-0.15, -0.1) is 0 Å². The summed E-state index contributed by atoms with van der Waals surface area (Å²) in [6.45, 7) is 13.2. The summed E-state index contributed by atoms with van der Waals surface area (Å²) in [5.41, 5.74) is 2.14. The Morgan fingerprint density at radius 2 is 1.71 bits per heavy atom. The molecule has 1 saturated heterocycles.